The van der Waals surface area contributed by atoms with Crippen molar-refractivity contribution in [3.05, 3.63) is 48.0 Å². The van der Waals surface area contributed by atoms with E-state index in [0.717, 1.165) is 24.4 Å². The molecule has 0 spiro atoms. The summed E-state index contributed by atoms with van der Waals surface area (Å²) < 4.78 is 2.13. The number of nitrogens with zero attached hydrogens (tertiary/aromatic N) is 2. The zero-order chi connectivity index (χ0) is 13.0. The topological polar surface area (TPSA) is 43.8 Å². The second-order valence-corrected chi connectivity index (χ2v) is 5.11. The fourth-order valence-corrected chi connectivity index (χ4v) is 2.40. The molecule has 2 N–H and O–H groups in total. The van der Waals surface area contributed by atoms with E-state index in [4.69, 9.17) is 5.73 Å². The Balaban J connectivity index is 2.23. The Morgan fingerprint density at radius 2 is 2.06 bits per heavy atom. The molecular formula is C14H19N3S. The highest BCUT2D eigenvalue weighted by atomic mass is 32.2. The summed E-state index contributed by atoms with van der Waals surface area (Å²) in [5, 5.41) is 0. The molecule has 0 radical (unpaired) electrons. The summed E-state index contributed by atoms with van der Waals surface area (Å²) in [7, 11) is 0. The molecule has 2 aromatic rings. The SMILES string of the molecule is CCCn1ccnc1C(N)c1ccc(SC)cc1. The first kappa shape index (κ1) is 13.2. The highest BCUT2D eigenvalue weighted by Crippen LogP contribution is 2.21. The second kappa shape index (κ2) is 6.07. The van der Waals surface area contributed by atoms with Crippen LogP contribution in [0.2, 0.25) is 0 Å². The molecule has 4 heteroatoms. The Labute approximate surface area is 112 Å². The molecule has 1 aromatic heterocycles. The molecule has 96 valence electrons. The van der Waals surface area contributed by atoms with Crippen LogP contribution in [0.5, 0.6) is 0 Å². The van der Waals surface area contributed by atoms with Gasteiger partial charge in [0.25, 0.3) is 0 Å². The van der Waals surface area contributed by atoms with Gasteiger partial charge in [-0.1, -0.05) is 19.1 Å². The molecule has 0 saturated carbocycles. The van der Waals surface area contributed by atoms with Crippen LogP contribution >= 0.6 is 11.8 Å². The van der Waals surface area contributed by atoms with Crippen molar-refractivity contribution in [1.29, 1.82) is 0 Å². The van der Waals surface area contributed by atoms with Crippen LogP contribution in [0.25, 0.3) is 0 Å². The van der Waals surface area contributed by atoms with Crippen molar-refractivity contribution in [3.8, 4) is 0 Å². The van der Waals surface area contributed by atoms with Crippen LogP contribution in [-0.2, 0) is 6.54 Å². The van der Waals surface area contributed by atoms with Gasteiger partial charge in [0.2, 0.25) is 0 Å². The summed E-state index contributed by atoms with van der Waals surface area (Å²) in [4.78, 5) is 5.64. The fraction of sp³-hybridized carbons (Fsp3) is 0.357. The van der Waals surface area contributed by atoms with Crippen molar-refractivity contribution in [1.82, 2.24) is 9.55 Å². The van der Waals surface area contributed by atoms with Crippen LogP contribution in [0.15, 0.2) is 41.6 Å². The van der Waals surface area contributed by atoms with Crippen LogP contribution in [0.1, 0.15) is 30.8 Å². The van der Waals surface area contributed by atoms with Crippen molar-refractivity contribution < 1.29 is 0 Å². The predicted octanol–water partition coefficient (Wildman–Crippen LogP) is 3.06. The lowest BCUT2D eigenvalue weighted by Crippen LogP contribution is -2.17. The number of nitrogens with two attached hydrogens (primary N) is 1. The van der Waals surface area contributed by atoms with Gasteiger partial charge in [0.05, 0.1) is 6.04 Å². The van der Waals surface area contributed by atoms with Gasteiger partial charge in [-0.3, -0.25) is 0 Å². The minimum absolute atomic E-state index is 0.151. The molecule has 0 fully saturated rings. The Bertz CT molecular complexity index is 490. The first-order valence-corrected chi connectivity index (χ1v) is 7.39. The van der Waals surface area contributed by atoms with E-state index in [1.165, 1.54) is 4.90 Å². The molecule has 1 unspecified atom stereocenters. The normalized spacial score (nSPS) is 12.6. The number of rotatable bonds is 5. The number of hydrogen-bond donors (Lipinski definition) is 1. The number of thioether (sulfide) groups is 1. The summed E-state index contributed by atoms with van der Waals surface area (Å²) in [5.41, 5.74) is 7.40. The van der Waals surface area contributed by atoms with Crippen molar-refractivity contribution in [2.45, 2.75) is 30.8 Å². The van der Waals surface area contributed by atoms with Crippen molar-refractivity contribution >= 4 is 11.8 Å². The number of aromatic nitrogens is 2. The Kier molecular flexibility index (Phi) is 4.44. The van der Waals surface area contributed by atoms with E-state index >= 15 is 0 Å². The van der Waals surface area contributed by atoms with Gasteiger partial charge in [-0.05, 0) is 30.4 Å². The zero-order valence-electron chi connectivity index (χ0n) is 10.8. The molecule has 0 bridgehead atoms. The molecule has 18 heavy (non-hydrogen) atoms. The van der Waals surface area contributed by atoms with Crippen LogP contribution in [0, 0.1) is 0 Å². The number of imidazole rings is 1. The molecular weight excluding hydrogens is 242 g/mol. The first-order valence-electron chi connectivity index (χ1n) is 6.16. The molecule has 1 heterocycles. The lowest BCUT2D eigenvalue weighted by atomic mass is 10.1. The van der Waals surface area contributed by atoms with Gasteiger partial charge in [-0.15, -0.1) is 11.8 Å². The maximum absolute atomic E-state index is 6.29. The van der Waals surface area contributed by atoms with Crippen LogP contribution in [0.3, 0.4) is 0 Å². The quantitative estimate of drug-likeness (QED) is 0.841. The van der Waals surface area contributed by atoms with Gasteiger partial charge in [0.15, 0.2) is 0 Å². The molecule has 1 atom stereocenters. The van der Waals surface area contributed by atoms with E-state index in [1.54, 1.807) is 11.8 Å². The predicted molar refractivity (Wildman–Crippen MR) is 76.8 cm³/mol. The molecule has 3 nitrogen and oxygen atoms in total. The Morgan fingerprint density at radius 3 is 2.67 bits per heavy atom. The molecule has 0 amide bonds. The second-order valence-electron chi connectivity index (χ2n) is 4.23. The van der Waals surface area contributed by atoms with Gasteiger partial charge in [-0.2, -0.15) is 0 Å². The number of benzene rings is 1. The van der Waals surface area contributed by atoms with Crippen LogP contribution in [0.4, 0.5) is 0 Å². The standard InChI is InChI=1S/C14H19N3S/c1-3-9-17-10-8-16-14(17)13(15)11-4-6-12(18-2)7-5-11/h4-8,10,13H,3,9,15H2,1-2H3. The molecule has 0 saturated heterocycles. The third-order valence-corrected chi connectivity index (χ3v) is 3.71. The van der Waals surface area contributed by atoms with Crippen LogP contribution < -0.4 is 5.73 Å². The summed E-state index contributed by atoms with van der Waals surface area (Å²) in [6.07, 6.45) is 6.97. The maximum Gasteiger partial charge on any atom is 0.130 e. The van der Waals surface area contributed by atoms with Gasteiger partial charge in [-0.25, -0.2) is 4.98 Å². The summed E-state index contributed by atoms with van der Waals surface area (Å²) in [5.74, 6) is 0.939. The summed E-state index contributed by atoms with van der Waals surface area (Å²) >= 11 is 1.74. The van der Waals surface area contributed by atoms with E-state index < -0.39 is 0 Å². The van der Waals surface area contributed by atoms with E-state index in [0.29, 0.717) is 0 Å². The maximum atomic E-state index is 6.29. The number of hydrogen-bond acceptors (Lipinski definition) is 3. The van der Waals surface area contributed by atoms with Crippen molar-refractivity contribution in [2.75, 3.05) is 6.26 Å². The minimum Gasteiger partial charge on any atom is -0.333 e. The molecule has 0 aliphatic rings. The zero-order valence-corrected chi connectivity index (χ0v) is 11.7. The van der Waals surface area contributed by atoms with Gasteiger partial charge in [0, 0.05) is 23.8 Å². The highest BCUT2D eigenvalue weighted by Gasteiger charge is 2.14. The Hall–Kier alpha value is -1.26. The molecule has 0 aliphatic heterocycles. The third-order valence-electron chi connectivity index (χ3n) is 2.97. The molecule has 0 aliphatic carbocycles. The summed E-state index contributed by atoms with van der Waals surface area (Å²) in [6, 6.07) is 8.23. The van der Waals surface area contributed by atoms with E-state index in [9.17, 15) is 0 Å². The fourth-order valence-electron chi connectivity index (χ4n) is 1.99. The molecule has 1 aromatic carbocycles. The monoisotopic (exact) mass is 261 g/mol. The third kappa shape index (κ3) is 2.76. The minimum atomic E-state index is -0.151. The van der Waals surface area contributed by atoms with Crippen LogP contribution in [-0.4, -0.2) is 15.8 Å². The van der Waals surface area contributed by atoms with E-state index in [1.807, 2.05) is 12.4 Å². The van der Waals surface area contributed by atoms with Gasteiger partial charge < -0.3 is 10.3 Å². The number of aryl methyl sites for hydroxylation is 1. The van der Waals surface area contributed by atoms with Crippen molar-refractivity contribution in [2.24, 2.45) is 5.73 Å². The average molecular weight is 261 g/mol. The lowest BCUT2D eigenvalue weighted by molar-refractivity contribution is 0.613. The Morgan fingerprint density at radius 1 is 1.33 bits per heavy atom. The largest absolute Gasteiger partial charge is 0.333 e. The van der Waals surface area contributed by atoms with Crippen molar-refractivity contribution in [3.63, 3.8) is 0 Å². The summed E-state index contributed by atoms with van der Waals surface area (Å²) in [6.45, 7) is 3.12. The first-order chi connectivity index (χ1) is 8.76. The highest BCUT2D eigenvalue weighted by molar-refractivity contribution is 7.98. The lowest BCUT2D eigenvalue weighted by Gasteiger charge is -2.14. The van der Waals surface area contributed by atoms with Gasteiger partial charge >= 0.3 is 0 Å². The molecule has 2 rings (SSSR count). The smallest absolute Gasteiger partial charge is 0.130 e. The van der Waals surface area contributed by atoms with E-state index in [2.05, 4.69) is 47.0 Å². The van der Waals surface area contributed by atoms with E-state index in [-0.39, 0.29) is 6.04 Å². The average Bonchev–Trinajstić information content (AvgIpc) is 2.87. The van der Waals surface area contributed by atoms with Gasteiger partial charge in [0.1, 0.15) is 5.82 Å².